The molecule has 1 saturated carbocycles. The van der Waals surface area contributed by atoms with Crippen LogP contribution in [0.5, 0.6) is 5.75 Å². The van der Waals surface area contributed by atoms with Crippen molar-refractivity contribution in [2.24, 2.45) is 17.6 Å². The van der Waals surface area contributed by atoms with Crippen molar-refractivity contribution in [3.05, 3.63) is 44.2 Å². The number of phenolic OH excluding ortho intramolecular Hbond substituents is 1. The quantitative estimate of drug-likeness (QED) is 0.0967. The van der Waals surface area contributed by atoms with Gasteiger partial charge in [0.25, 0.3) is 5.91 Å². The Bertz CT molecular complexity index is 1250. The van der Waals surface area contributed by atoms with Crippen molar-refractivity contribution in [3.8, 4) is 5.75 Å². The van der Waals surface area contributed by atoms with Gasteiger partial charge in [-0.25, -0.2) is 0 Å². The Morgan fingerprint density at radius 1 is 1.27 bits per heavy atom. The zero-order valence-corrected chi connectivity index (χ0v) is 17.0. The van der Waals surface area contributed by atoms with E-state index in [0.717, 1.165) is 6.07 Å². The highest BCUT2D eigenvalue weighted by atomic mass is 16.6. The molecule has 9 N–H and O–H groups in total. The van der Waals surface area contributed by atoms with Crippen LogP contribution < -0.4 is 11.5 Å². The molecule has 0 radical (unpaired) electrons. The SMILES string of the molecule is CC1c2c(N)cc([N+](=O)[O-])c(O)c2C(O)=C2C(=O)[C@]3(O)C(O)=C(C(N)=O)C(=O)C[C@@H]3C(O)[C@@H]21. The van der Waals surface area contributed by atoms with E-state index in [1.165, 1.54) is 6.92 Å². The fourth-order valence-electron chi connectivity index (χ4n) is 5.31. The molecule has 3 aliphatic rings. The Morgan fingerprint density at radius 3 is 2.42 bits per heavy atom. The Labute approximate surface area is 184 Å². The molecule has 174 valence electrons. The first-order chi connectivity index (χ1) is 15.3. The molecule has 0 aliphatic heterocycles. The second kappa shape index (κ2) is 6.76. The molecular weight excluding hydrogens is 442 g/mol. The number of amides is 1. The molecule has 1 aromatic carbocycles. The molecular formula is C20H19N3O10. The van der Waals surface area contributed by atoms with E-state index in [4.69, 9.17) is 11.5 Å². The first-order valence-electron chi connectivity index (χ1n) is 9.71. The predicted molar refractivity (Wildman–Crippen MR) is 109 cm³/mol. The second-order valence-corrected chi connectivity index (χ2v) is 8.36. The molecule has 1 amide bonds. The lowest BCUT2D eigenvalue weighted by Gasteiger charge is -2.50. The van der Waals surface area contributed by atoms with Crippen LogP contribution in [-0.4, -0.2) is 59.6 Å². The molecule has 0 spiro atoms. The van der Waals surface area contributed by atoms with Gasteiger partial charge in [0.2, 0.25) is 11.5 Å². The minimum atomic E-state index is -2.99. The predicted octanol–water partition coefficient (Wildman–Crippen LogP) is -0.554. The maximum Gasteiger partial charge on any atom is 0.313 e. The van der Waals surface area contributed by atoms with Gasteiger partial charge in [-0.2, -0.15) is 0 Å². The number of nitrogens with two attached hydrogens (primary N) is 2. The molecule has 1 fully saturated rings. The van der Waals surface area contributed by atoms with Gasteiger partial charge in [-0.05, 0) is 11.5 Å². The van der Waals surface area contributed by atoms with E-state index < -0.39 is 97.9 Å². The van der Waals surface area contributed by atoms with Gasteiger partial charge < -0.3 is 37.0 Å². The number of hydrogen-bond acceptors (Lipinski definition) is 11. The first kappa shape index (κ1) is 22.2. The number of carbonyl (C=O) groups excluding carboxylic acids is 3. The number of phenols is 1. The van der Waals surface area contributed by atoms with Crippen LogP contribution in [0.25, 0.3) is 5.76 Å². The highest BCUT2D eigenvalue weighted by Crippen LogP contribution is 2.57. The van der Waals surface area contributed by atoms with Crippen LogP contribution >= 0.6 is 0 Å². The van der Waals surface area contributed by atoms with Crippen LogP contribution in [0.4, 0.5) is 11.4 Å². The van der Waals surface area contributed by atoms with Crippen LogP contribution in [0, 0.1) is 22.0 Å². The highest BCUT2D eigenvalue weighted by molar-refractivity contribution is 6.23. The molecule has 0 aromatic heterocycles. The van der Waals surface area contributed by atoms with E-state index >= 15 is 0 Å². The monoisotopic (exact) mass is 461 g/mol. The van der Waals surface area contributed by atoms with E-state index in [-0.39, 0.29) is 11.3 Å². The summed E-state index contributed by atoms with van der Waals surface area (Å²) in [4.78, 5) is 47.8. The number of hydrogen-bond donors (Lipinski definition) is 7. The zero-order valence-electron chi connectivity index (χ0n) is 17.0. The van der Waals surface area contributed by atoms with E-state index in [2.05, 4.69) is 0 Å². The van der Waals surface area contributed by atoms with Gasteiger partial charge in [0.15, 0.2) is 11.4 Å². The number of nitrogen functional groups attached to an aromatic ring is 1. The van der Waals surface area contributed by atoms with Gasteiger partial charge in [-0.15, -0.1) is 0 Å². The molecule has 2 unspecified atom stereocenters. The number of nitrogens with zero attached hydrogens (tertiary/aromatic N) is 1. The van der Waals surface area contributed by atoms with Crippen molar-refractivity contribution in [3.63, 3.8) is 0 Å². The normalized spacial score (nSPS) is 31.1. The third-order valence-electron chi connectivity index (χ3n) is 6.80. The molecule has 33 heavy (non-hydrogen) atoms. The van der Waals surface area contributed by atoms with Crippen molar-refractivity contribution >= 4 is 34.6 Å². The fourth-order valence-corrected chi connectivity index (χ4v) is 5.31. The maximum atomic E-state index is 13.4. The lowest BCUT2D eigenvalue weighted by molar-refractivity contribution is -0.385. The summed E-state index contributed by atoms with van der Waals surface area (Å²) in [7, 11) is 0. The van der Waals surface area contributed by atoms with Crippen LogP contribution in [0.15, 0.2) is 23.0 Å². The summed E-state index contributed by atoms with van der Waals surface area (Å²) >= 11 is 0. The Morgan fingerprint density at radius 2 is 1.88 bits per heavy atom. The van der Waals surface area contributed by atoms with Crippen LogP contribution in [-0.2, 0) is 14.4 Å². The lowest BCUT2D eigenvalue weighted by Crippen LogP contribution is -2.63. The third-order valence-corrected chi connectivity index (χ3v) is 6.80. The van der Waals surface area contributed by atoms with E-state index in [9.17, 15) is 50.0 Å². The summed E-state index contributed by atoms with van der Waals surface area (Å²) < 4.78 is 0. The first-order valence-corrected chi connectivity index (χ1v) is 9.71. The Hall–Kier alpha value is -3.97. The minimum absolute atomic E-state index is 0.0152. The van der Waals surface area contributed by atoms with Crippen molar-refractivity contribution < 1.29 is 44.8 Å². The number of nitro groups is 1. The molecule has 1 aromatic rings. The average molecular weight is 461 g/mol. The zero-order chi connectivity index (χ0) is 24.7. The summed E-state index contributed by atoms with van der Waals surface area (Å²) in [5.41, 5.74) is 4.81. The molecule has 0 heterocycles. The number of aliphatic hydroxyl groups is 4. The van der Waals surface area contributed by atoms with E-state index in [0.29, 0.717) is 0 Å². The number of ketones is 2. The lowest BCUT2D eigenvalue weighted by atomic mass is 9.55. The summed E-state index contributed by atoms with van der Waals surface area (Å²) in [6.07, 6.45) is -2.43. The number of anilines is 1. The van der Waals surface area contributed by atoms with Crippen molar-refractivity contribution in [1.29, 1.82) is 0 Å². The standard InChI is InChI=1S/C20H19N3O10/c1-4-9-6(21)3-7(23(32)33)15(26)12(9)16(27)13-10(4)14(25)5-2-8(24)11(19(22)30)17(28)20(5,31)18(13)29/h3-5,10,14,25-28,31H,2,21H2,1H3,(H2,22,30)/t4?,5-,10-,14?,20-/m1/s1. The fraction of sp³-hybridized carbons (Fsp3) is 0.350. The highest BCUT2D eigenvalue weighted by Gasteiger charge is 2.65. The number of carbonyl (C=O) groups is 3. The van der Waals surface area contributed by atoms with E-state index in [1.54, 1.807) is 0 Å². The largest absolute Gasteiger partial charge is 0.508 e. The molecule has 5 atom stereocenters. The molecule has 0 bridgehead atoms. The molecule has 3 aliphatic carbocycles. The minimum Gasteiger partial charge on any atom is -0.508 e. The Kier molecular flexibility index (Phi) is 4.56. The molecule has 0 saturated heterocycles. The molecule has 13 nitrogen and oxygen atoms in total. The van der Waals surface area contributed by atoms with Gasteiger partial charge in [0.1, 0.15) is 17.1 Å². The summed E-state index contributed by atoms with van der Waals surface area (Å²) in [6.45, 7) is 1.47. The van der Waals surface area contributed by atoms with Crippen LogP contribution in [0.2, 0.25) is 0 Å². The van der Waals surface area contributed by atoms with Crippen molar-refractivity contribution in [1.82, 2.24) is 0 Å². The number of benzene rings is 1. The molecule has 4 rings (SSSR count). The summed E-state index contributed by atoms with van der Waals surface area (Å²) in [5, 5.41) is 65.5. The maximum absolute atomic E-state index is 13.4. The van der Waals surface area contributed by atoms with Gasteiger partial charge in [0.05, 0.1) is 16.6 Å². The van der Waals surface area contributed by atoms with Gasteiger partial charge in [-0.3, -0.25) is 24.5 Å². The van der Waals surface area contributed by atoms with Crippen molar-refractivity contribution in [2.45, 2.75) is 31.0 Å². The smallest absolute Gasteiger partial charge is 0.313 e. The van der Waals surface area contributed by atoms with Crippen LogP contribution in [0.3, 0.4) is 0 Å². The second-order valence-electron chi connectivity index (χ2n) is 8.36. The number of primary amides is 1. The number of fused-ring (bicyclic) bond motifs is 3. The average Bonchev–Trinajstić information content (AvgIpc) is 2.72. The molecule has 13 heteroatoms. The number of aliphatic hydroxyl groups excluding tert-OH is 3. The van der Waals surface area contributed by atoms with Gasteiger partial charge in [0, 0.05) is 35.6 Å². The van der Waals surface area contributed by atoms with Gasteiger partial charge >= 0.3 is 5.69 Å². The van der Waals surface area contributed by atoms with E-state index in [1.807, 2.05) is 0 Å². The number of rotatable bonds is 2. The number of aromatic hydroxyl groups is 1. The topological polar surface area (TPSA) is 248 Å². The summed E-state index contributed by atoms with van der Waals surface area (Å²) in [5.74, 6) is -10.9. The number of nitro benzene ring substituents is 1. The van der Waals surface area contributed by atoms with Crippen molar-refractivity contribution in [2.75, 3.05) is 5.73 Å². The van der Waals surface area contributed by atoms with Crippen LogP contribution in [0.1, 0.15) is 30.4 Å². The summed E-state index contributed by atoms with van der Waals surface area (Å²) in [6, 6.07) is 0.869. The Balaban J connectivity index is 2.06. The number of Topliss-reactive ketones (excluding diaryl/α,β-unsaturated/α-hetero) is 2. The third kappa shape index (κ3) is 2.57. The van der Waals surface area contributed by atoms with Gasteiger partial charge in [-0.1, -0.05) is 6.92 Å².